The third-order valence-electron chi connectivity index (χ3n) is 3.29. The smallest absolute Gasteiger partial charge is 0.392 e. The Kier molecular flexibility index (Phi) is 9.01. The molecule has 0 saturated carbocycles. The summed E-state index contributed by atoms with van der Waals surface area (Å²) in [5, 5.41) is 13.2. The maximum Gasteiger partial charge on any atom is 0.518 e. The molecular formula is C12H29NO4Si. The molecule has 0 bridgehead atoms. The van der Waals surface area contributed by atoms with Gasteiger partial charge in [-0.1, -0.05) is 20.3 Å². The second-order valence-corrected chi connectivity index (χ2v) is 7.61. The van der Waals surface area contributed by atoms with Gasteiger partial charge in [0.1, 0.15) is 0 Å². The summed E-state index contributed by atoms with van der Waals surface area (Å²) in [5.74, 6) is 0. The summed E-state index contributed by atoms with van der Waals surface area (Å²) < 4.78 is 16.5. The molecule has 0 fully saturated rings. The highest BCUT2D eigenvalue weighted by Gasteiger charge is 2.47. The number of nitrogens with one attached hydrogen (secondary N) is 1. The molecule has 5 nitrogen and oxygen atoms in total. The highest BCUT2D eigenvalue weighted by Crippen LogP contribution is 2.17. The van der Waals surface area contributed by atoms with E-state index in [0.29, 0.717) is 0 Å². The number of aliphatic hydroxyl groups is 1. The van der Waals surface area contributed by atoms with Gasteiger partial charge in [-0.15, -0.1) is 0 Å². The Bertz CT molecular complexity index is 204. The molecule has 0 aromatic heterocycles. The van der Waals surface area contributed by atoms with Crippen molar-refractivity contribution in [3.05, 3.63) is 0 Å². The Morgan fingerprint density at radius 3 is 1.89 bits per heavy atom. The Morgan fingerprint density at radius 2 is 1.61 bits per heavy atom. The minimum Gasteiger partial charge on any atom is -0.392 e. The normalized spacial score (nSPS) is 17.5. The van der Waals surface area contributed by atoms with Crippen LogP contribution in [0.5, 0.6) is 0 Å². The van der Waals surface area contributed by atoms with Gasteiger partial charge >= 0.3 is 8.80 Å². The molecule has 3 atom stereocenters. The van der Waals surface area contributed by atoms with Crippen LogP contribution in [-0.2, 0) is 13.3 Å². The van der Waals surface area contributed by atoms with E-state index in [9.17, 15) is 5.11 Å². The molecule has 0 spiro atoms. The molecule has 0 saturated heterocycles. The average Bonchev–Trinajstić information content (AvgIpc) is 2.38. The summed E-state index contributed by atoms with van der Waals surface area (Å²) >= 11 is 0. The van der Waals surface area contributed by atoms with Crippen LogP contribution >= 0.6 is 0 Å². The lowest BCUT2D eigenvalue weighted by molar-refractivity contribution is 0.0897. The molecule has 0 rings (SSSR count). The zero-order valence-corrected chi connectivity index (χ0v) is 13.5. The fourth-order valence-electron chi connectivity index (χ4n) is 2.18. The second-order valence-electron chi connectivity index (χ2n) is 4.48. The van der Waals surface area contributed by atoms with Crippen LogP contribution in [0.25, 0.3) is 0 Å². The molecule has 2 N–H and O–H groups in total. The lowest BCUT2D eigenvalue weighted by Crippen LogP contribution is -2.63. The molecule has 0 aliphatic carbocycles. The highest BCUT2D eigenvalue weighted by atomic mass is 28.4. The van der Waals surface area contributed by atoms with Crippen molar-refractivity contribution >= 4 is 8.80 Å². The number of aliphatic hydroxyl groups excluding tert-OH is 1. The first kappa shape index (κ1) is 18.0. The Labute approximate surface area is 112 Å². The second kappa shape index (κ2) is 9.01. The van der Waals surface area contributed by atoms with Crippen LogP contribution in [-0.4, -0.2) is 53.1 Å². The number of hydrogen-bond acceptors (Lipinski definition) is 5. The fourth-order valence-corrected chi connectivity index (χ4v) is 4.45. The van der Waals surface area contributed by atoms with E-state index in [1.165, 1.54) is 0 Å². The first-order valence-corrected chi connectivity index (χ1v) is 8.40. The average molecular weight is 279 g/mol. The van der Waals surface area contributed by atoms with E-state index in [2.05, 4.69) is 19.2 Å². The quantitative estimate of drug-likeness (QED) is 0.591. The Hall–Kier alpha value is 0.0169. The minimum atomic E-state index is -2.71. The largest absolute Gasteiger partial charge is 0.518 e. The van der Waals surface area contributed by atoms with Crippen molar-refractivity contribution in [3.63, 3.8) is 0 Å². The van der Waals surface area contributed by atoms with E-state index in [4.69, 9.17) is 13.3 Å². The first-order valence-electron chi connectivity index (χ1n) is 6.60. The lowest BCUT2D eigenvalue weighted by Gasteiger charge is -2.35. The maximum absolute atomic E-state index is 9.80. The summed E-state index contributed by atoms with van der Waals surface area (Å²) in [7, 11) is 2.13. The summed E-state index contributed by atoms with van der Waals surface area (Å²) in [4.78, 5) is 0. The van der Waals surface area contributed by atoms with E-state index in [0.717, 1.165) is 19.3 Å². The monoisotopic (exact) mass is 279 g/mol. The molecule has 0 radical (unpaired) electrons. The van der Waals surface area contributed by atoms with E-state index < -0.39 is 14.9 Å². The number of rotatable bonds is 10. The van der Waals surface area contributed by atoms with Gasteiger partial charge in [0.15, 0.2) is 0 Å². The summed E-state index contributed by atoms with van der Waals surface area (Å²) in [6.07, 6.45) is 2.35. The molecular weight excluding hydrogens is 250 g/mol. The van der Waals surface area contributed by atoms with E-state index in [-0.39, 0.29) is 11.7 Å². The van der Waals surface area contributed by atoms with Gasteiger partial charge in [0.25, 0.3) is 0 Å². The van der Waals surface area contributed by atoms with Crippen LogP contribution in [0.4, 0.5) is 0 Å². The number of hydrogen-bond donors (Lipinski definition) is 2. The molecule has 0 aromatic carbocycles. The third kappa shape index (κ3) is 4.60. The van der Waals surface area contributed by atoms with Gasteiger partial charge in [-0.05, 0) is 19.8 Å². The minimum absolute atomic E-state index is 0.0105. The zero-order valence-electron chi connectivity index (χ0n) is 12.5. The molecule has 3 unspecified atom stereocenters. The van der Waals surface area contributed by atoms with Crippen molar-refractivity contribution in [2.24, 2.45) is 0 Å². The SMILES string of the molecule is CCCC(NC(CC)[Si](OC)(OC)OC)C(C)O. The maximum atomic E-state index is 9.80. The van der Waals surface area contributed by atoms with Crippen LogP contribution in [0.3, 0.4) is 0 Å². The van der Waals surface area contributed by atoms with Crippen LogP contribution < -0.4 is 5.32 Å². The molecule has 0 heterocycles. The van der Waals surface area contributed by atoms with E-state index in [1.54, 1.807) is 28.3 Å². The van der Waals surface area contributed by atoms with Gasteiger partial charge in [-0.2, -0.15) is 0 Å². The van der Waals surface area contributed by atoms with Crippen molar-refractivity contribution in [3.8, 4) is 0 Å². The van der Waals surface area contributed by atoms with Crippen molar-refractivity contribution in [1.82, 2.24) is 5.32 Å². The molecule has 6 heteroatoms. The molecule has 0 aliphatic rings. The Balaban J connectivity index is 4.83. The van der Waals surface area contributed by atoms with Crippen LogP contribution in [0.2, 0.25) is 0 Å². The van der Waals surface area contributed by atoms with Crippen molar-refractivity contribution < 1.29 is 18.4 Å². The van der Waals surface area contributed by atoms with E-state index >= 15 is 0 Å². The van der Waals surface area contributed by atoms with Gasteiger partial charge < -0.3 is 23.7 Å². The zero-order chi connectivity index (χ0) is 14.2. The van der Waals surface area contributed by atoms with Gasteiger partial charge in [-0.3, -0.25) is 0 Å². The van der Waals surface area contributed by atoms with Gasteiger partial charge in [0.05, 0.1) is 11.8 Å². The third-order valence-corrected chi connectivity index (χ3v) is 6.42. The lowest BCUT2D eigenvalue weighted by atomic mass is 10.1. The summed E-state index contributed by atoms with van der Waals surface area (Å²) in [5.41, 5.74) is -0.0105. The van der Waals surface area contributed by atoms with Gasteiger partial charge in [0.2, 0.25) is 0 Å². The Morgan fingerprint density at radius 1 is 1.11 bits per heavy atom. The van der Waals surface area contributed by atoms with Crippen molar-refractivity contribution in [2.45, 2.75) is 57.8 Å². The summed E-state index contributed by atoms with van der Waals surface area (Å²) in [6.45, 7) is 5.96. The fraction of sp³-hybridized carbons (Fsp3) is 1.00. The van der Waals surface area contributed by atoms with Crippen molar-refractivity contribution in [2.75, 3.05) is 21.3 Å². The van der Waals surface area contributed by atoms with Crippen LogP contribution in [0.1, 0.15) is 40.0 Å². The van der Waals surface area contributed by atoms with E-state index in [1.807, 2.05) is 0 Å². The van der Waals surface area contributed by atoms with Crippen molar-refractivity contribution in [1.29, 1.82) is 0 Å². The van der Waals surface area contributed by atoms with Gasteiger partial charge in [-0.25, -0.2) is 0 Å². The van der Waals surface area contributed by atoms with Crippen LogP contribution in [0.15, 0.2) is 0 Å². The van der Waals surface area contributed by atoms with Gasteiger partial charge in [0, 0.05) is 27.4 Å². The predicted octanol–water partition coefficient (Wildman–Crippen LogP) is 1.32. The topological polar surface area (TPSA) is 60.0 Å². The molecule has 0 aliphatic heterocycles. The van der Waals surface area contributed by atoms with Crippen LogP contribution in [0, 0.1) is 0 Å². The molecule has 0 amide bonds. The molecule has 110 valence electrons. The predicted molar refractivity (Wildman–Crippen MR) is 74.4 cm³/mol. The molecule has 18 heavy (non-hydrogen) atoms. The standard InChI is InChI=1S/C12H29NO4Si/c1-7-9-11(10(3)14)13-12(8-2)18(15-4,16-5)17-6/h10-14H,7-9H2,1-6H3. The molecule has 0 aromatic rings. The first-order chi connectivity index (χ1) is 8.51. The highest BCUT2D eigenvalue weighted by molar-refractivity contribution is 6.62. The summed E-state index contributed by atoms with van der Waals surface area (Å²) in [6, 6.07) is 0.0345.